The Balaban J connectivity index is 1.42. The average molecular weight is 416 g/mol. The van der Waals surface area contributed by atoms with Crippen molar-refractivity contribution in [3.63, 3.8) is 0 Å². The minimum Gasteiger partial charge on any atom is -0.492 e. The van der Waals surface area contributed by atoms with Crippen LogP contribution < -0.4 is 4.74 Å². The number of ether oxygens (including phenoxy) is 1. The van der Waals surface area contributed by atoms with Gasteiger partial charge in [0.15, 0.2) is 0 Å². The molecule has 3 rings (SSSR count). The van der Waals surface area contributed by atoms with Crippen molar-refractivity contribution in [3.8, 4) is 11.8 Å². The van der Waals surface area contributed by atoms with Crippen LogP contribution in [-0.4, -0.2) is 55.7 Å². The van der Waals surface area contributed by atoms with Gasteiger partial charge in [-0.2, -0.15) is 5.26 Å². The number of hydrogen-bond acceptors (Lipinski definition) is 5. The number of benzene rings is 1. The Bertz CT molecular complexity index is 779. The second-order valence-corrected chi connectivity index (χ2v) is 8.90. The first-order chi connectivity index (χ1) is 14.0. The Labute approximate surface area is 177 Å². The lowest BCUT2D eigenvalue weighted by Gasteiger charge is -2.37. The SMILES string of the molecule is CC(C)C(C#N)(CCN1CCN(CCOc2ccc(F)cc2)CC1)c1cccs1. The summed E-state index contributed by atoms with van der Waals surface area (Å²) in [6.45, 7) is 10.8. The van der Waals surface area contributed by atoms with E-state index in [-0.39, 0.29) is 11.7 Å². The summed E-state index contributed by atoms with van der Waals surface area (Å²) in [6.07, 6.45) is 0.870. The highest BCUT2D eigenvalue weighted by atomic mass is 32.1. The van der Waals surface area contributed by atoms with Crippen LogP contribution in [-0.2, 0) is 5.41 Å². The largest absolute Gasteiger partial charge is 0.492 e. The van der Waals surface area contributed by atoms with Crippen LogP contribution in [0.3, 0.4) is 0 Å². The van der Waals surface area contributed by atoms with Gasteiger partial charge in [-0.1, -0.05) is 19.9 Å². The molecule has 1 fully saturated rings. The summed E-state index contributed by atoms with van der Waals surface area (Å²) in [5, 5.41) is 12.1. The molecule has 1 unspecified atom stereocenters. The van der Waals surface area contributed by atoms with Crippen molar-refractivity contribution in [1.82, 2.24) is 9.80 Å². The Hall–Kier alpha value is -1.94. The highest BCUT2D eigenvalue weighted by molar-refractivity contribution is 7.10. The van der Waals surface area contributed by atoms with Crippen molar-refractivity contribution in [1.29, 1.82) is 5.26 Å². The molecule has 1 atom stereocenters. The predicted octanol–water partition coefficient (Wildman–Crippen LogP) is 4.39. The summed E-state index contributed by atoms with van der Waals surface area (Å²) < 4.78 is 18.6. The first kappa shape index (κ1) is 21.8. The first-order valence-electron chi connectivity index (χ1n) is 10.3. The molecular formula is C23H30FN3OS. The monoisotopic (exact) mass is 415 g/mol. The number of rotatable bonds is 9. The van der Waals surface area contributed by atoms with E-state index in [1.807, 2.05) is 6.07 Å². The normalized spacial score (nSPS) is 17.8. The lowest BCUT2D eigenvalue weighted by molar-refractivity contribution is 0.110. The van der Waals surface area contributed by atoms with Crippen LogP contribution >= 0.6 is 11.3 Å². The van der Waals surface area contributed by atoms with Crippen LogP contribution in [0.2, 0.25) is 0 Å². The van der Waals surface area contributed by atoms with Gasteiger partial charge >= 0.3 is 0 Å². The zero-order chi connectivity index (χ0) is 20.7. The fourth-order valence-electron chi connectivity index (χ4n) is 3.86. The highest BCUT2D eigenvalue weighted by Crippen LogP contribution is 2.38. The molecule has 2 aromatic rings. The van der Waals surface area contributed by atoms with Crippen LogP contribution in [0.5, 0.6) is 5.75 Å². The van der Waals surface area contributed by atoms with Gasteiger partial charge in [-0.05, 0) is 48.1 Å². The van der Waals surface area contributed by atoms with E-state index in [4.69, 9.17) is 4.74 Å². The van der Waals surface area contributed by atoms with E-state index in [9.17, 15) is 9.65 Å². The molecule has 29 heavy (non-hydrogen) atoms. The van der Waals surface area contributed by atoms with Gasteiger partial charge in [0.1, 0.15) is 18.2 Å². The molecule has 156 valence electrons. The standard InChI is InChI=1S/C23H30FN3OS/c1-19(2)23(18-25,22-4-3-17-29-22)9-10-26-11-13-27(14-12-26)15-16-28-21-7-5-20(24)6-8-21/h3-8,17,19H,9-16H2,1-2H3. The molecule has 0 N–H and O–H groups in total. The highest BCUT2D eigenvalue weighted by Gasteiger charge is 2.37. The van der Waals surface area contributed by atoms with E-state index >= 15 is 0 Å². The summed E-state index contributed by atoms with van der Waals surface area (Å²) in [5.74, 6) is 0.752. The van der Waals surface area contributed by atoms with E-state index in [2.05, 4.69) is 41.2 Å². The molecule has 1 aromatic heterocycles. The van der Waals surface area contributed by atoms with Gasteiger partial charge in [-0.25, -0.2) is 4.39 Å². The maximum absolute atomic E-state index is 12.9. The van der Waals surface area contributed by atoms with Crippen molar-refractivity contribution in [2.45, 2.75) is 25.7 Å². The lowest BCUT2D eigenvalue weighted by atomic mass is 9.74. The fraction of sp³-hybridized carbons (Fsp3) is 0.522. The first-order valence-corrected chi connectivity index (χ1v) is 11.2. The average Bonchev–Trinajstić information content (AvgIpc) is 3.26. The van der Waals surface area contributed by atoms with E-state index < -0.39 is 5.41 Å². The maximum atomic E-state index is 12.9. The van der Waals surface area contributed by atoms with Crippen molar-refractivity contribution in [3.05, 3.63) is 52.5 Å². The van der Waals surface area contributed by atoms with Gasteiger partial charge < -0.3 is 9.64 Å². The lowest BCUT2D eigenvalue weighted by Crippen LogP contribution is -2.48. The second kappa shape index (κ2) is 10.2. The summed E-state index contributed by atoms with van der Waals surface area (Å²) in [6, 6.07) is 13.0. The molecule has 1 aromatic carbocycles. The molecule has 1 saturated heterocycles. The van der Waals surface area contributed by atoms with E-state index in [1.54, 1.807) is 23.5 Å². The summed E-state index contributed by atoms with van der Waals surface area (Å²) >= 11 is 1.69. The van der Waals surface area contributed by atoms with Crippen LogP contribution in [0.4, 0.5) is 4.39 Å². The molecule has 0 aliphatic carbocycles. The van der Waals surface area contributed by atoms with Crippen molar-refractivity contribution in [2.75, 3.05) is 45.9 Å². The van der Waals surface area contributed by atoms with Crippen molar-refractivity contribution in [2.24, 2.45) is 5.92 Å². The Morgan fingerprint density at radius 3 is 2.31 bits per heavy atom. The molecule has 0 bridgehead atoms. The van der Waals surface area contributed by atoms with E-state index in [1.165, 1.54) is 17.0 Å². The minimum atomic E-state index is -0.395. The van der Waals surface area contributed by atoms with Gasteiger partial charge in [-0.15, -0.1) is 11.3 Å². The van der Waals surface area contributed by atoms with E-state index in [0.29, 0.717) is 12.4 Å². The van der Waals surface area contributed by atoms with Crippen LogP contribution in [0.25, 0.3) is 0 Å². The number of thiophene rings is 1. The molecule has 1 aliphatic rings. The van der Waals surface area contributed by atoms with Gasteiger partial charge in [0.05, 0.1) is 11.5 Å². The van der Waals surface area contributed by atoms with Crippen LogP contribution in [0, 0.1) is 23.1 Å². The number of nitrogens with zero attached hydrogens (tertiary/aromatic N) is 3. The number of hydrogen-bond donors (Lipinski definition) is 0. The molecule has 6 heteroatoms. The molecule has 0 radical (unpaired) electrons. The predicted molar refractivity (Wildman–Crippen MR) is 116 cm³/mol. The third kappa shape index (κ3) is 5.57. The van der Waals surface area contributed by atoms with Gasteiger partial charge in [-0.3, -0.25) is 4.90 Å². The third-order valence-corrected chi connectivity index (χ3v) is 6.97. The van der Waals surface area contributed by atoms with Gasteiger partial charge in [0.2, 0.25) is 0 Å². The van der Waals surface area contributed by atoms with E-state index in [0.717, 1.165) is 45.7 Å². The molecular weight excluding hydrogens is 385 g/mol. The topological polar surface area (TPSA) is 39.5 Å². The summed E-state index contributed by atoms with van der Waals surface area (Å²) in [5.41, 5.74) is -0.395. The molecule has 2 heterocycles. The number of piperazine rings is 1. The van der Waals surface area contributed by atoms with Gasteiger partial charge in [0, 0.05) is 44.1 Å². The summed E-state index contributed by atoms with van der Waals surface area (Å²) in [7, 11) is 0. The molecule has 0 amide bonds. The second-order valence-electron chi connectivity index (χ2n) is 7.95. The quantitative estimate of drug-likeness (QED) is 0.609. The minimum absolute atomic E-state index is 0.245. The fourth-order valence-corrected chi connectivity index (χ4v) is 4.92. The van der Waals surface area contributed by atoms with Crippen LogP contribution in [0.1, 0.15) is 25.1 Å². The Morgan fingerprint density at radius 2 is 1.76 bits per heavy atom. The van der Waals surface area contributed by atoms with Crippen LogP contribution in [0.15, 0.2) is 41.8 Å². The third-order valence-electron chi connectivity index (χ3n) is 5.92. The Kier molecular flexibility index (Phi) is 7.65. The van der Waals surface area contributed by atoms with Gasteiger partial charge in [0.25, 0.3) is 0 Å². The zero-order valence-corrected chi connectivity index (χ0v) is 18.1. The summed E-state index contributed by atoms with van der Waals surface area (Å²) in [4.78, 5) is 6.06. The maximum Gasteiger partial charge on any atom is 0.123 e. The smallest absolute Gasteiger partial charge is 0.123 e. The van der Waals surface area contributed by atoms with Crippen molar-refractivity contribution < 1.29 is 9.13 Å². The van der Waals surface area contributed by atoms with Crippen molar-refractivity contribution >= 4 is 11.3 Å². The zero-order valence-electron chi connectivity index (χ0n) is 17.3. The molecule has 1 aliphatic heterocycles. The Morgan fingerprint density at radius 1 is 1.10 bits per heavy atom. The number of halogens is 1. The molecule has 0 spiro atoms. The molecule has 4 nitrogen and oxygen atoms in total. The number of nitriles is 1. The molecule has 0 saturated carbocycles.